The average Bonchev–Trinajstić information content (AvgIpc) is 3.42. The lowest BCUT2D eigenvalue weighted by molar-refractivity contribution is -0.178. The number of halogens is 2. The summed E-state index contributed by atoms with van der Waals surface area (Å²) in [6.07, 6.45) is -0.216. The zero-order valence-electron chi connectivity index (χ0n) is 15.5. The first-order valence-corrected chi connectivity index (χ1v) is 11.4. The summed E-state index contributed by atoms with van der Waals surface area (Å²) in [5.41, 5.74) is -0.244. The second kappa shape index (κ2) is 9.40. The van der Waals surface area contributed by atoms with Gasteiger partial charge in [-0.2, -0.15) is 5.26 Å². The summed E-state index contributed by atoms with van der Waals surface area (Å²) in [4.78, 5) is 4.72. The molecular weight excluding hydrogens is 485 g/mol. The van der Waals surface area contributed by atoms with E-state index in [0.29, 0.717) is 15.6 Å². The van der Waals surface area contributed by atoms with Crippen LogP contribution >= 0.6 is 46.3 Å². The predicted octanol–water partition coefficient (Wildman–Crippen LogP) is 2.35. The number of thioether (sulfide) groups is 1. The topological polar surface area (TPSA) is 137 Å². The summed E-state index contributed by atoms with van der Waals surface area (Å²) < 4.78 is 7.07. The van der Waals surface area contributed by atoms with Crippen LogP contribution in [0.25, 0.3) is 10.7 Å². The van der Waals surface area contributed by atoms with Crippen LogP contribution < -0.4 is 0 Å². The second-order valence-electron chi connectivity index (χ2n) is 6.61. The fraction of sp³-hybridized carbons (Fsp3) is 0.333. The maximum Gasteiger partial charge on any atom is 0.145 e. The molecule has 1 aromatic carbocycles. The molecule has 5 atom stereocenters. The maximum atomic E-state index is 11.0. The van der Waals surface area contributed by atoms with Crippen LogP contribution in [0, 0.1) is 11.3 Å². The Labute approximate surface area is 194 Å². The molecule has 3 heterocycles. The Bertz CT molecular complexity index is 1080. The van der Waals surface area contributed by atoms with Gasteiger partial charge < -0.3 is 20.1 Å². The number of rotatable bonds is 5. The van der Waals surface area contributed by atoms with Gasteiger partial charge in [-0.25, -0.2) is 9.67 Å². The summed E-state index contributed by atoms with van der Waals surface area (Å²) in [5, 5.41) is 51.4. The third-order valence-electron chi connectivity index (χ3n) is 4.70. The molecule has 0 spiro atoms. The molecule has 162 valence electrons. The van der Waals surface area contributed by atoms with E-state index in [1.165, 1.54) is 28.2 Å². The minimum absolute atomic E-state index is 0.150. The SMILES string of the molecule is N#Cc1c(Cl)cc(S[C@H]2O[C@H](CO)[C@H](O)[C@H](n3cc(-c4nccs4)nn3)[C@H]2O)cc1Cl. The van der Waals surface area contributed by atoms with Crippen molar-refractivity contribution in [2.45, 2.75) is 34.7 Å². The Kier molecular flexibility index (Phi) is 6.80. The van der Waals surface area contributed by atoms with E-state index in [1.807, 2.05) is 6.07 Å². The van der Waals surface area contributed by atoms with E-state index in [0.717, 1.165) is 11.8 Å². The molecule has 13 heteroatoms. The molecule has 1 aliphatic rings. The van der Waals surface area contributed by atoms with Gasteiger partial charge in [-0.15, -0.1) is 16.4 Å². The van der Waals surface area contributed by atoms with Gasteiger partial charge in [0.1, 0.15) is 46.6 Å². The van der Waals surface area contributed by atoms with Crippen LogP contribution in [-0.2, 0) is 4.74 Å². The highest BCUT2D eigenvalue weighted by Crippen LogP contribution is 2.40. The molecule has 3 aromatic rings. The van der Waals surface area contributed by atoms with Crippen LogP contribution in [0.1, 0.15) is 11.6 Å². The predicted molar refractivity (Wildman–Crippen MR) is 115 cm³/mol. The molecule has 0 amide bonds. The largest absolute Gasteiger partial charge is 0.394 e. The van der Waals surface area contributed by atoms with Crippen LogP contribution in [-0.4, -0.2) is 65.7 Å². The van der Waals surface area contributed by atoms with E-state index >= 15 is 0 Å². The van der Waals surface area contributed by atoms with E-state index in [9.17, 15) is 15.3 Å². The minimum atomic E-state index is -1.24. The number of hydrogen-bond acceptors (Lipinski definition) is 10. The highest BCUT2D eigenvalue weighted by molar-refractivity contribution is 7.99. The Balaban J connectivity index is 1.62. The van der Waals surface area contributed by atoms with Crippen molar-refractivity contribution in [3.05, 3.63) is 45.5 Å². The molecule has 1 fully saturated rings. The van der Waals surface area contributed by atoms with Crippen LogP contribution in [0.4, 0.5) is 0 Å². The van der Waals surface area contributed by atoms with Gasteiger partial charge in [0.25, 0.3) is 0 Å². The van der Waals surface area contributed by atoms with E-state index in [4.69, 9.17) is 33.2 Å². The summed E-state index contributed by atoms with van der Waals surface area (Å²) in [7, 11) is 0. The fourth-order valence-electron chi connectivity index (χ4n) is 3.21. The Morgan fingerprint density at radius 2 is 2.00 bits per heavy atom. The average molecular weight is 500 g/mol. The van der Waals surface area contributed by atoms with Crippen molar-refractivity contribution in [1.29, 1.82) is 5.26 Å². The first kappa shape index (κ1) is 22.4. The van der Waals surface area contributed by atoms with Gasteiger partial charge in [-0.05, 0) is 12.1 Å². The van der Waals surface area contributed by atoms with Crippen LogP contribution in [0.15, 0.2) is 34.8 Å². The van der Waals surface area contributed by atoms with Crippen LogP contribution in [0.5, 0.6) is 0 Å². The van der Waals surface area contributed by atoms with Crippen molar-refractivity contribution in [2.75, 3.05) is 6.61 Å². The number of aromatic nitrogens is 4. The number of aliphatic hydroxyl groups excluding tert-OH is 3. The molecule has 1 saturated heterocycles. The van der Waals surface area contributed by atoms with Crippen LogP contribution in [0.3, 0.4) is 0 Å². The van der Waals surface area contributed by atoms with Crippen molar-refractivity contribution in [1.82, 2.24) is 20.0 Å². The molecule has 2 aromatic heterocycles. The third kappa shape index (κ3) is 4.44. The number of ether oxygens (including phenoxy) is 1. The summed E-state index contributed by atoms with van der Waals surface area (Å²) in [5.74, 6) is 0. The molecule has 4 rings (SSSR count). The van der Waals surface area contributed by atoms with Gasteiger partial charge in [-0.1, -0.05) is 40.2 Å². The zero-order valence-corrected chi connectivity index (χ0v) is 18.7. The molecule has 3 N–H and O–H groups in total. The fourth-order valence-corrected chi connectivity index (χ4v) is 5.63. The highest BCUT2D eigenvalue weighted by atomic mass is 35.5. The van der Waals surface area contributed by atoms with Crippen molar-refractivity contribution in [3.63, 3.8) is 0 Å². The molecule has 0 aliphatic carbocycles. The normalized spacial score (nSPS) is 26.0. The molecule has 0 radical (unpaired) electrons. The summed E-state index contributed by atoms with van der Waals surface area (Å²) >= 11 is 14.7. The summed E-state index contributed by atoms with van der Waals surface area (Å²) in [6.45, 7) is -0.468. The summed E-state index contributed by atoms with van der Waals surface area (Å²) in [6, 6.07) is 4.07. The lowest BCUT2D eigenvalue weighted by Gasteiger charge is -2.41. The first-order chi connectivity index (χ1) is 14.9. The van der Waals surface area contributed by atoms with Gasteiger partial charge >= 0.3 is 0 Å². The highest BCUT2D eigenvalue weighted by Gasteiger charge is 2.46. The second-order valence-corrected chi connectivity index (χ2v) is 9.49. The molecule has 31 heavy (non-hydrogen) atoms. The van der Waals surface area contributed by atoms with E-state index in [-0.39, 0.29) is 15.6 Å². The monoisotopic (exact) mass is 499 g/mol. The molecule has 0 bridgehead atoms. The van der Waals surface area contributed by atoms with Gasteiger partial charge in [0, 0.05) is 16.5 Å². The van der Waals surface area contributed by atoms with E-state index in [1.54, 1.807) is 17.8 Å². The smallest absolute Gasteiger partial charge is 0.145 e. The lowest BCUT2D eigenvalue weighted by Crippen LogP contribution is -2.55. The maximum absolute atomic E-state index is 11.0. The lowest BCUT2D eigenvalue weighted by atomic mass is 9.97. The number of aliphatic hydroxyl groups is 3. The number of benzene rings is 1. The number of thiazole rings is 1. The van der Waals surface area contributed by atoms with E-state index < -0.39 is 36.4 Å². The molecular formula is C18H15Cl2N5O4S2. The molecule has 0 saturated carbocycles. The van der Waals surface area contributed by atoms with Crippen molar-refractivity contribution in [3.8, 4) is 16.8 Å². The molecule has 0 unspecified atom stereocenters. The number of hydrogen-bond donors (Lipinski definition) is 3. The van der Waals surface area contributed by atoms with Crippen LogP contribution in [0.2, 0.25) is 10.0 Å². The standard InChI is InChI=1S/C18H15Cl2N5O4S2/c19-10-3-8(4-11(20)9(10)5-21)31-18-16(28)14(15(27)13(7-26)29-18)25-6-12(23-24-25)17-22-1-2-30-17/h1-4,6,13-16,18,26-28H,7H2/t13-,14+,15+,16-,18-/m1/s1. The zero-order chi connectivity index (χ0) is 22.1. The quantitative estimate of drug-likeness (QED) is 0.482. The minimum Gasteiger partial charge on any atom is -0.394 e. The Hall–Kier alpha value is -1.75. The van der Waals surface area contributed by atoms with Crippen molar-refractivity contribution in [2.24, 2.45) is 0 Å². The number of nitrogens with zero attached hydrogens (tertiary/aromatic N) is 5. The Morgan fingerprint density at radius 1 is 1.26 bits per heavy atom. The van der Waals surface area contributed by atoms with Gasteiger partial charge in [0.15, 0.2) is 0 Å². The molecule has 1 aliphatic heterocycles. The van der Waals surface area contributed by atoms with Gasteiger partial charge in [0.05, 0.1) is 28.4 Å². The van der Waals surface area contributed by atoms with Crippen molar-refractivity contribution < 1.29 is 20.1 Å². The Morgan fingerprint density at radius 3 is 2.61 bits per heavy atom. The number of nitriles is 1. The van der Waals surface area contributed by atoms with Crippen molar-refractivity contribution >= 4 is 46.3 Å². The third-order valence-corrected chi connectivity index (χ3v) is 7.22. The van der Waals surface area contributed by atoms with E-state index in [2.05, 4.69) is 15.3 Å². The van der Waals surface area contributed by atoms with Gasteiger partial charge in [0.2, 0.25) is 0 Å². The molecule has 9 nitrogen and oxygen atoms in total. The first-order valence-electron chi connectivity index (χ1n) is 8.93. The van der Waals surface area contributed by atoms with Gasteiger partial charge in [-0.3, -0.25) is 0 Å².